The molecule has 0 aromatic rings. The minimum absolute atomic E-state index is 0.279. The second-order valence-electron chi connectivity index (χ2n) is 7.25. The van der Waals surface area contributed by atoms with Crippen molar-refractivity contribution in [2.75, 3.05) is 13.7 Å². The Morgan fingerprint density at radius 1 is 1.19 bits per heavy atom. The summed E-state index contributed by atoms with van der Waals surface area (Å²) in [5.74, 6) is -1.63. The van der Waals surface area contributed by atoms with Gasteiger partial charge in [0.2, 0.25) is 6.29 Å². The second-order valence-corrected chi connectivity index (χ2v) is 7.25. The smallest absolute Gasteiger partial charge is 0.337 e. The van der Waals surface area contributed by atoms with Crippen LogP contribution in [0.2, 0.25) is 0 Å². The SMILES string of the molecule is COC(=O)C1=CO[C@@H](O[C@@H]2O[C@H](CO)[C@@H](O)[C@H](O)[C@@H]2O)[C@@H]2[C@@H](C)[C@@H](O)C[C@H]12. The third-order valence-corrected chi connectivity index (χ3v) is 5.75. The summed E-state index contributed by atoms with van der Waals surface area (Å²) in [5.41, 5.74) is 0.291. The van der Waals surface area contributed by atoms with Crippen LogP contribution in [0.3, 0.4) is 0 Å². The quantitative estimate of drug-likeness (QED) is 0.336. The van der Waals surface area contributed by atoms with Gasteiger partial charge in [-0.1, -0.05) is 6.92 Å². The lowest BCUT2D eigenvalue weighted by atomic mass is 9.83. The summed E-state index contributed by atoms with van der Waals surface area (Å²) < 4.78 is 21.4. The largest absolute Gasteiger partial charge is 0.472 e. The zero-order chi connectivity index (χ0) is 19.9. The summed E-state index contributed by atoms with van der Waals surface area (Å²) in [4.78, 5) is 12.0. The molecule has 3 rings (SSSR count). The van der Waals surface area contributed by atoms with E-state index in [1.54, 1.807) is 6.92 Å². The van der Waals surface area contributed by atoms with Gasteiger partial charge in [0.05, 0.1) is 31.7 Å². The van der Waals surface area contributed by atoms with Gasteiger partial charge in [-0.15, -0.1) is 0 Å². The zero-order valence-electron chi connectivity index (χ0n) is 15.0. The highest BCUT2D eigenvalue weighted by atomic mass is 16.8. The Hall–Kier alpha value is -1.27. The van der Waals surface area contributed by atoms with Crippen molar-refractivity contribution >= 4 is 5.97 Å². The van der Waals surface area contributed by atoms with Gasteiger partial charge in [0, 0.05) is 11.8 Å². The monoisotopic (exact) mass is 390 g/mol. The molecule has 0 aromatic carbocycles. The van der Waals surface area contributed by atoms with Crippen LogP contribution in [0.5, 0.6) is 0 Å². The molecule has 2 aliphatic heterocycles. The molecule has 0 unspecified atom stereocenters. The molecule has 10 atom stereocenters. The van der Waals surface area contributed by atoms with E-state index in [1.165, 1.54) is 13.4 Å². The van der Waals surface area contributed by atoms with Crippen molar-refractivity contribution in [3.63, 3.8) is 0 Å². The molecule has 1 saturated heterocycles. The van der Waals surface area contributed by atoms with E-state index < -0.39 is 61.6 Å². The van der Waals surface area contributed by atoms with Gasteiger partial charge in [-0.2, -0.15) is 0 Å². The molecule has 5 N–H and O–H groups in total. The molecular weight excluding hydrogens is 364 g/mol. The summed E-state index contributed by atoms with van der Waals surface area (Å²) in [5, 5.41) is 49.4. The van der Waals surface area contributed by atoms with Gasteiger partial charge in [-0.3, -0.25) is 0 Å². The van der Waals surface area contributed by atoms with E-state index in [2.05, 4.69) is 0 Å². The Morgan fingerprint density at radius 2 is 1.89 bits per heavy atom. The van der Waals surface area contributed by atoms with Crippen LogP contribution in [0.25, 0.3) is 0 Å². The maximum absolute atomic E-state index is 12.0. The van der Waals surface area contributed by atoms with Crippen molar-refractivity contribution in [1.82, 2.24) is 0 Å². The van der Waals surface area contributed by atoms with Crippen LogP contribution in [0, 0.1) is 17.8 Å². The molecule has 27 heavy (non-hydrogen) atoms. The van der Waals surface area contributed by atoms with Crippen LogP contribution in [-0.4, -0.2) is 88.3 Å². The topological polar surface area (TPSA) is 155 Å². The number of aliphatic hydroxyl groups excluding tert-OH is 5. The van der Waals surface area contributed by atoms with Gasteiger partial charge >= 0.3 is 5.97 Å². The van der Waals surface area contributed by atoms with Crippen LogP contribution >= 0.6 is 0 Å². The average Bonchev–Trinajstić information content (AvgIpc) is 2.96. The minimum atomic E-state index is -1.58. The molecule has 2 fully saturated rings. The third-order valence-electron chi connectivity index (χ3n) is 5.75. The first-order valence-corrected chi connectivity index (χ1v) is 8.88. The molecule has 0 spiro atoms. The lowest BCUT2D eigenvalue weighted by molar-refractivity contribution is -0.342. The van der Waals surface area contributed by atoms with Crippen LogP contribution in [-0.2, 0) is 23.7 Å². The third kappa shape index (κ3) is 3.58. The minimum Gasteiger partial charge on any atom is -0.472 e. The summed E-state index contributed by atoms with van der Waals surface area (Å²) in [6.45, 7) is 1.21. The molecule has 0 aromatic heterocycles. The van der Waals surface area contributed by atoms with Crippen molar-refractivity contribution in [2.24, 2.45) is 17.8 Å². The van der Waals surface area contributed by atoms with Crippen LogP contribution in [0.15, 0.2) is 11.8 Å². The first-order valence-electron chi connectivity index (χ1n) is 8.88. The molecule has 154 valence electrons. The molecule has 2 heterocycles. The fourth-order valence-corrected chi connectivity index (χ4v) is 4.10. The lowest BCUT2D eigenvalue weighted by Gasteiger charge is -2.43. The van der Waals surface area contributed by atoms with Crippen molar-refractivity contribution in [3.05, 3.63) is 11.8 Å². The normalized spacial score (nSPS) is 47.0. The van der Waals surface area contributed by atoms with E-state index in [4.69, 9.17) is 18.9 Å². The van der Waals surface area contributed by atoms with E-state index in [1.807, 2.05) is 0 Å². The van der Waals surface area contributed by atoms with Crippen LogP contribution < -0.4 is 0 Å². The molecule has 10 heteroatoms. The predicted molar refractivity (Wildman–Crippen MR) is 86.6 cm³/mol. The van der Waals surface area contributed by atoms with Gasteiger partial charge in [0.15, 0.2) is 6.29 Å². The van der Waals surface area contributed by atoms with Gasteiger partial charge in [-0.25, -0.2) is 4.79 Å². The van der Waals surface area contributed by atoms with Crippen molar-refractivity contribution in [2.45, 2.75) is 56.4 Å². The first kappa shape index (κ1) is 20.5. The molecule has 10 nitrogen and oxygen atoms in total. The zero-order valence-corrected chi connectivity index (χ0v) is 15.0. The summed E-state index contributed by atoms with van der Waals surface area (Å²) in [7, 11) is 1.25. The number of aliphatic hydroxyl groups is 5. The molecule has 0 bridgehead atoms. The molecule has 0 radical (unpaired) electrons. The fraction of sp³-hybridized carbons (Fsp3) is 0.824. The fourth-order valence-electron chi connectivity index (χ4n) is 4.10. The maximum Gasteiger partial charge on any atom is 0.337 e. The lowest BCUT2D eigenvalue weighted by Crippen LogP contribution is -2.60. The molecule has 0 amide bonds. The Morgan fingerprint density at radius 3 is 2.52 bits per heavy atom. The standard InChI is InChI=1S/C17H26O10/c1-6-9(19)3-7-8(15(23)24-2)5-25-16(11(6)7)27-17-14(22)13(21)12(20)10(4-18)26-17/h5-7,9-14,16-22H,3-4H2,1-2H3/t6-,7+,9-,10+,11+,12+,13-,14-,16-,17-/m0/s1. The van der Waals surface area contributed by atoms with Gasteiger partial charge in [0.25, 0.3) is 0 Å². The Balaban J connectivity index is 1.80. The van der Waals surface area contributed by atoms with E-state index >= 15 is 0 Å². The number of hydrogen-bond acceptors (Lipinski definition) is 10. The molecule has 1 saturated carbocycles. The number of carbonyl (C=O) groups excluding carboxylic acids is 1. The van der Waals surface area contributed by atoms with E-state index in [-0.39, 0.29) is 11.8 Å². The summed E-state index contributed by atoms with van der Waals surface area (Å²) >= 11 is 0. The molecule has 3 aliphatic rings. The highest BCUT2D eigenvalue weighted by molar-refractivity contribution is 5.89. The number of fused-ring (bicyclic) bond motifs is 1. The van der Waals surface area contributed by atoms with Gasteiger partial charge in [-0.05, 0) is 12.3 Å². The van der Waals surface area contributed by atoms with Gasteiger partial charge in [0.1, 0.15) is 24.4 Å². The van der Waals surface area contributed by atoms with Crippen molar-refractivity contribution < 1.29 is 49.3 Å². The number of ether oxygens (including phenoxy) is 4. The van der Waals surface area contributed by atoms with E-state index in [0.29, 0.717) is 12.0 Å². The Labute approximate surface area is 155 Å². The maximum atomic E-state index is 12.0. The van der Waals surface area contributed by atoms with Crippen LogP contribution in [0.4, 0.5) is 0 Å². The second kappa shape index (κ2) is 8.00. The highest BCUT2D eigenvalue weighted by Gasteiger charge is 2.53. The van der Waals surface area contributed by atoms with Crippen molar-refractivity contribution in [1.29, 1.82) is 0 Å². The van der Waals surface area contributed by atoms with Crippen molar-refractivity contribution in [3.8, 4) is 0 Å². The Kier molecular flexibility index (Phi) is 6.06. The predicted octanol–water partition coefficient (Wildman–Crippen LogP) is -2.15. The summed E-state index contributed by atoms with van der Waals surface area (Å²) in [6.07, 6.45) is -7.25. The number of rotatable bonds is 4. The molecule has 1 aliphatic carbocycles. The number of hydrogen-bond donors (Lipinski definition) is 5. The average molecular weight is 390 g/mol. The Bertz CT molecular complexity index is 578. The highest BCUT2D eigenvalue weighted by Crippen LogP contribution is 2.47. The van der Waals surface area contributed by atoms with Crippen LogP contribution in [0.1, 0.15) is 13.3 Å². The number of esters is 1. The first-order chi connectivity index (χ1) is 12.8. The van der Waals surface area contributed by atoms with E-state index in [9.17, 15) is 30.3 Å². The number of carbonyl (C=O) groups is 1. The van der Waals surface area contributed by atoms with E-state index in [0.717, 1.165) is 0 Å². The van der Waals surface area contributed by atoms with Gasteiger partial charge < -0.3 is 44.5 Å². The number of methoxy groups -OCH3 is 1. The summed E-state index contributed by atoms with van der Waals surface area (Å²) in [6, 6.07) is 0. The molecular formula is C17H26O10.